The fraction of sp³-hybridized carbons (Fsp3) is 0.133. The number of anilines is 12. The number of benzene rings is 13. The van der Waals surface area contributed by atoms with Gasteiger partial charge in [0.25, 0.3) is 0 Å². The predicted octanol–water partition coefficient (Wildman–Crippen LogP) is 23.0. The van der Waals surface area contributed by atoms with Crippen molar-refractivity contribution in [1.82, 2.24) is 0 Å². The second kappa shape index (κ2) is 29.0. The summed E-state index contributed by atoms with van der Waals surface area (Å²) in [4.78, 5) is 9.31. The van der Waals surface area contributed by atoms with Crippen molar-refractivity contribution in [2.45, 2.75) is 31.6 Å². The van der Waals surface area contributed by atoms with E-state index in [0.29, 0.717) is 6.42 Å². The molecular formula is C90H80N4O7. The Morgan fingerprint density at radius 1 is 0.248 bits per heavy atom. The lowest BCUT2D eigenvalue weighted by Gasteiger charge is -2.32. The van der Waals surface area contributed by atoms with Crippen LogP contribution in [0.25, 0.3) is 22.3 Å². The van der Waals surface area contributed by atoms with E-state index in [1.807, 2.05) is 66.7 Å². The first-order valence-electron chi connectivity index (χ1n) is 33.8. The average molecular weight is 1330 g/mol. The number of rotatable bonds is 24. The van der Waals surface area contributed by atoms with Crippen molar-refractivity contribution in [1.29, 1.82) is 0 Å². The third-order valence-electron chi connectivity index (χ3n) is 19.4. The van der Waals surface area contributed by atoms with Gasteiger partial charge in [0, 0.05) is 85.6 Å². The third kappa shape index (κ3) is 13.6. The molecule has 0 aliphatic heterocycles. The first-order chi connectivity index (χ1) is 49.4. The Labute approximate surface area is 592 Å². The van der Waals surface area contributed by atoms with E-state index in [1.54, 1.807) is 49.8 Å². The Hall–Kier alpha value is -12.3. The lowest BCUT2D eigenvalue weighted by atomic mass is 9.82. The second-order valence-corrected chi connectivity index (χ2v) is 25.5. The quantitative estimate of drug-likeness (QED) is 0.0580. The summed E-state index contributed by atoms with van der Waals surface area (Å²) in [6.45, 7) is 4.70. The molecule has 14 rings (SSSR count). The average Bonchev–Trinajstić information content (AvgIpc) is 1.61. The van der Waals surface area contributed by atoms with Gasteiger partial charge in [-0.3, -0.25) is 0 Å². The Morgan fingerprint density at radius 3 is 0.950 bits per heavy atom. The Morgan fingerprint density at radius 2 is 0.554 bits per heavy atom. The Bertz CT molecular complexity index is 4880. The molecular weight excluding hydrogens is 1250 g/mol. The molecule has 1 aliphatic carbocycles. The van der Waals surface area contributed by atoms with Gasteiger partial charge >= 0.3 is 0 Å². The van der Waals surface area contributed by atoms with Crippen molar-refractivity contribution in [3.05, 3.63) is 331 Å². The minimum Gasteiger partial charge on any atom is -0.497 e. The number of hydrogen-bond donors (Lipinski definition) is 0. The van der Waals surface area contributed by atoms with Crippen LogP contribution in [0, 0.1) is 0 Å². The van der Waals surface area contributed by atoms with Crippen LogP contribution in [0.3, 0.4) is 0 Å². The fourth-order valence-electron chi connectivity index (χ4n) is 14.0. The number of fused-ring (bicyclic) bond motifs is 3. The number of methoxy groups -OCH3 is 7. The fourth-order valence-corrected chi connectivity index (χ4v) is 14.0. The molecule has 13 aromatic carbocycles. The number of nitrogens with zero attached hydrogens (tertiary/aromatic N) is 4. The maximum Gasteiger partial charge on any atom is 0.120 e. The molecule has 0 amide bonds. The molecule has 0 spiro atoms. The van der Waals surface area contributed by atoms with Gasteiger partial charge in [-0.25, -0.2) is 0 Å². The summed E-state index contributed by atoms with van der Waals surface area (Å²) in [7, 11) is 11.9. The highest BCUT2D eigenvalue weighted by atomic mass is 16.5. The molecule has 502 valence electrons. The van der Waals surface area contributed by atoms with Gasteiger partial charge in [-0.05, 0) is 269 Å². The van der Waals surface area contributed by atoms with Crippen LogP contribution in [0.15, 0.2) is 303 Å². The molecule has 0 aromatic heterocycles. The van der Waals surface area contributed by atoms with Crippen LogP contribution in [0.5, 0.6) is 40.2 Å². The van der Waals surface area contributed by atoms with Crippen LogP contribution in [-0.2, 0) is 11.8 Å². The SMILES string of the molecule is COc1ccc(CC(c2ccc(OC)cc2)c2cc(N(c3ccccc3)c3ccc(-c4ccc(N(c5ccc(OC)cc5)c5ccc(OC)cc5)cc4)cc3)cc(N(c3cccc(OC)c3)c3ccc4c(c3)C(C)(C)c3cc(N(c5ccc(OC)cc5)c5ccc(OC)cc5)ccc3-4)c2)cc1. The van der Waals surface area contributed by atoms with Gasteiger partial charge in [0.2, 0.25) is 0 Å². The molecule has 1 aliphatic rings. The molecule has 11 nitrogen and oxygen atoms in total. The minimum absolute atomic E-state index is 0.133. The number of hydrogen-bond acceptors (Lipinski definition) is 11. The van der Waals surface area contributed by atoms with Crippen molar-refractivity contribution in [3.63, 3.8) is 0 Å². The molecule has 0 N–H and O–H groups in total. The van der Waals surface area contributed by atoms with Crippen LogP contribution in [0.4, 0.5) is 68.2 Å². The molecule has 101 heavy (non-hydrogen) atoms. The van der Waals surface area contributed by atoms with Gasteiger partial charge in [-0.2, -0.15) is 0 Å². The van der Waals surface area contributed by atoms with E-state index in [1.165, 1.54) is 27.8 Å². The van der Waals surface area contributed by atoms with Crippen molar-refractivity contribution in [2.75, 3.05) is 69.4 Å². The monoisotopic (exact) mass is 1330 g/mol. The minimum atomic E-state index is -0.430. The Kier molecular flexibility index (Phi) is 18.9. The summed E-state index contributed by atoms with van der Waals surface area (Å²) in [5, 5.41) is 0. The first-order valence-corrected chi connectivity index (χ1v) is 33.8. The molecule has 0 saturated carbocycles. The van der Waals surface area contributed by atoms with E-state index in [-0.39, 0.29) is 5.92 Å². The van der Waals surface area contributed by atoms with Crippen LogP contribution in [0.2, 0.25) is 0 Å². The first kappa shape index (κ1) is 65.9. The van der Waals surface area contributed by atoms with E-state index in [9.17, 15) is 0 Å². The molecule has 11 heteroatoms. The second-order valence-electron chi connectivity index (χ2n) is 25.5. The van der Waals surface area contributed by atoms with Crippen molar-refractivity contribution in [2.24, 2.45) is 0 Å². The normalized spacial score (nSPS) is 12.1. The zero-order valence-electron chi connectivity index (χ0n) is 58.3. The zero-order valence-corrected chi connectivity index (χ0v) is 58.3. The van der Waals surface area contributed by atoms with E-state index in [2.05, 4.69) is 270 Å². The lowest BCUT2D eigenvalue weighted by molar-refractivity contribution is 0.414. The number of ether oxygens (including phenoxy) is 7. The van der Waals surface area contributed by atoms with Crippen molar-refractivity contribution < 1.29 is 33.2 Å². The van der Waals surface area contributed by atoms with E-state index in [4.69, 9.17) is 33.2 Å². The summed E-state index contributed by atoms with van der Waals surface area (Å²) in [5.41, 5.74) is 21.9. The highest BCUT2D eigenvalue weighted by molar-refractivity contribution is 5.91. The predicted molar refractivity (Wildman–Crippen MR) is 412 cm³/mol. The molecule has 13 aromatic rings. The molecule has 1 unspecified atom stereocenters. The Balaban J connectivity index is 0.908. The van der Waals surface area contributed by atoms with E-state index in [0.717, 1.165) is 131 Å². The topological polar surface area (TPSA) is 77.6 Å². The van der Waals surface area contributed by atoms with Gasteiger partial charge in [0.1, 0.15) is 40.2 Å². The van der Waals surface area contributed by atoms with Crippen molar-refractivity contribution in [3.8, 4) is 62.5 Å². The van der Waals surface area contributed by atoms with Crippen LogP contribution < -0.4 is 52.8 Å². The smallest absolute Gasteiger partial charge is 0.120 e. The molecule has 0 fully saturated rings. The van der Waals surface area contributed by atoms with E-state index >= 15 is 0 Å². The third-order valence-corrected chi connectivity index (χ3v) is 19.4. The molecule has 0 radical (unpaired) electrons. The van der Waals surface area contributed by atoms with Crippen LogP contribution in [-0.4, -0.2) is 49.8 Å². The van der Waals surface area contributed by atoms with Crippen LogP contribution >= 0.6 is 0 Å². The van der Waals surface area contributed by atoms with Gasteiger partial charge in [0.05, 0.1) is 49.8 Å². The molecule has 0 saturated heterocycles. The van der Waals surface area contributed by atoms with Crippen molar-refractivity contribution >= 4 is 68.2 Å². The van der Waals surface area contributed by atoms with Gasteiger partial charge in [-0.15, -0.1) is 0 Å². The standard InChI is InChI=1S/C90H80N4O7/c1-90(2)88-59-74(92(71-34-48-82(99-7)49-35-71)72-36-50-83(100-8)51-37-72)38-52-85(88)86-53-39-75(60-89(86)90)94(73-16-13-17-84(58-73)101-9)77-56-65(87(64-24-42-79(96-4)43-25-64)54-61-18-40-78(95-3)41-19-61)55-76(57-77)93(66-14-11-10-12-15-66)68-28-22-63(23-29-68)62-20-26-67(27-21-62)91(69-30-44-80(97-5)45-31-69)70-32-46-81(98-6)47-33-70/h10-53,55-60,87H,54H2,1-9H3. The summed E-state index contributed by atoms with van der Waals surface area (Å²) in [6.07, 6.45) is 0.691. The molecule has 1 atom stereocenters. The van der Waals surface area contributed by atoms with Gasteiger partial charge in [-0.1, -0.05) is 98.8 Å². The zero-order chi connectivity index (χ0) is 69.6. The van der Waals surface area contributed by atoms with Gasteiger partial charge < -0.3 is 52.8 Å². The highest BCUT2D eigenvalue weighted by Crippen LogP contribution is 2.54. The molecule has 0 heterocycles. The summed E-state index contributed by atoms with van der Waals surface area (Å²) in [6, 6.07) is 107. The molecule has 0 bridgehead atoms. The summed E-state index contributed by atoms with van der Waals surface area (Å²) >= 11 is 0. The van der Waals surface area contributed by atoms with Crippen LogP contribution in [0.1, 0.15) is 47.6 Å². The largest absolute Gasteiger partial charge is 0.497 e. The number of para-hydroxylation sites is 1. The van der Waals surface area contributed by atoms with Gasteiger partial charge in [0.15, 0.2) is 0 Å². The lowest BCUT2D eigenvalue weighted by Crippen LogP contribution is -2.18. The highest BCUT2D eigenvalue weighted by Gasteiger charge is 2.37. The summed E-state index contributed by atoms with van der Waals surface area (Å²) < 4.78 is 39.9. The van der Waals surface area contributed by atoms with E-state index < -0.39 is 5.41 Å². The maximum absolute atomic E-state index is 6.07. The summed E-state index contributed by atoms with van der Waals surface area (Å²) in [5.74, 6) is 5.38. The maximum atomic E-state index is 6.07.